The number of nitrogens with one attached hydrogen (secondary N) is 1. The van der Waals surface area contributed by atoms with Crippen molar-refractivity contribution >= 4 is 21.6 Å². The topological polar surface area (TPSA) is 47.3 Å². The van der Waals surface area contributed by atoms with Crippen molar-refractivity contribution in [1.29, 1.82) is 0 Å². The maximum absolute atomic E-state index is 5.97. The first-order chi connectivity index (χ1) is 10.2. The van der Waals surface area contributed by atoms with Crippen LogP contribution in [0.1, 0.15) is 22.7 Å². The summed E-state index contributed by atoms with van der Waals surface area (Å²) in [5.74, 6) is 1.01. The lowest BCUT2D eigenvalue weighted by atomic mass is 10.0. The average molecular weight is 347 g/mol. The van der Waals surface area contributed by atoms with Gasteiger partial charge in [0.05, 0.1) is 12.6 Å². The smallest absolute Gasteiger partial charge is 0.122 e. The average Bonchev–Trinajstić information content (AvgIpc) is 2.91. The monoisotopic (exact) mass is 346 g/mol. The van der Waals surface area contributed by atoms with Crippen LogP contribution in [0.5, 0.6) is 5.75 Å². The maximum Gasteiger partial charge on any atom is 0.122 e. The molecule has 2 aromatic rings. The molecule has 1 aliphatic heterocycles. The zero-order valence-electron chi connectivity index (χ0n) is 12.0. The fraction of sp³-hybridized carbons (Fsp3) is 0.294. The van der Waals surface area contributed by atoms with Crippen LogP contribution in [-0.2, 0) is 6.42 Å². The molecule has 0 radical (unpaired) electrons. The molecule has 0 amide bonds. The number of fused-ring (bicyclic) bond motifs is 1. The lowest BCUT2D eigenvalue weighted by Gasteiger charge is -2.20. The standard InChI is InChI=1S/C17H19BrN2O/c1-11-6-14(18)9-15(7-11)20-16(10-19)12-2-3-17-13(8-12)4-5-21-17/h2-3,6-9,16,20H,4-5,10,19H2,1H3. The molecule has 0 aliphatic carbocycles. The van der Waals surface area contributed by atoms with Crippen molar-refractivity contribution in [3.8, 4) is 5.75 Å². The van der Waals surface area contributed by atoms with Crippen LogP contribution >= 0.6 is 15.9 Å². The van der Waals surface area contributed by atoms with Crippen molar-refractivity contribution < 1.29 is 4.74 Å². The van der Waals surface area contributed by atoms with E-state index in [1.807, 2.05) is 6.07 Å². The molecule has 110 valence electrons. The zero-order chi connectivity index (χ0) is 14.8. The van der Waals surface area contributed by atoms with E-state index in [9.17, 15) is 0 Å². The summed E-state index contributed by atoms with van der Waals surface area (Å²) in [6, 6.07) is 12.8. The number of halogens is 1. The second-order valence-corrected chi connectivity index (χ2v) is 6.33. The number of hydrogen-bond donors (Lipinski definition) is 2. The number of nitrogens with two attached hydrogens (primary N) is 1. The number of hydrogen-bond acceptors (Lipinski definition) is 3. The van der Waals surface area contributed by atoms with E-state index in [-0.39, 0.29) is 6.04 Å². The van der Waals surface area contributed by atoms with Crippen LogP contribution in [0.15, 0.2) is 40.9 Å². The van der Waals surface area contributed by atoms with Gasteiger partial charge < -0.3 is 15.8 Å². The summed E-state index contributed by atoms with van der Waals surface area (Å²) >= 11 is 3.53. The second-order valence-electron chi connectivity index (χ2n) is 5.42. The maximum atomic E-state index is 5.97. The van der Waals surface area contributed by atoms with E-state index in [1.54, 1.807) is 0 Å². The van der Waals surface area contributed by atoms with Crippen LogP contribution in [0.2, 0.25) is 0 Å². The molecular weight excluding hydrogens is 328 g/mol. The van der Waals surface area contributed by atoms with Gasteiger partial charge in [0.25, 0.3) is 0 Å². The summed E-state index contributed by atoms with van der Waals surface area (Å²) < 4.78 is 6.63. The van der Waals surface area contributed by atoms with Crippen molar-refractivity contribution in [3.05, 3.63) is 57.6 Å². The van der Waals surface area contributed by atoms with E-state index in [0.717, 1.165) is 28.9 Å². The molecule has 3 rings (SSSR count). The van der Waals surface area contributed by atoms with E-state index in [0.29, 0.717) is 6.54 Å². The summed E-state index contributed by atoms with van der Waals surface area (Å²) in [4.78, 5) is 0. The highest BCUT2D eigenvalue weighted by Gasteiger charge is 2.16. The van der Waals surface area contributed by atoms with Gasteiger partial charge in [-0.2, -0.15) is 0 Å². The number of rotatable bonds is 4. The molecule has 3 N–H and O–H groups in total. The van der Waals surface area contributed by atoms with Gasteiger partial charge >= 0.3 is 0 Å². The second kappa shape index (κ2) is 6.08. The van der Waals surface area contributed by atoms with E-state index >= 15 is 0 Å². The van der Waals surface area contributed by atoms with Crippen LogP contribution in [0, 0.1) is 6.92 Å². The van der Waals surface area contributed by atoms with Gasteiger partial charge in [-0.3, -0.25) is 0 Å². The molecule has 0 aromatic heterocycles. The van der Waals surface area contributed by atoms with Crippen LogP contribution in [-0.4, -0.2) is 13.2 Å². The summed E-state index contributed by atoms with van der Waals surface area (Å²) in [5, 5.41) is 3.52. The van der Waals surface area contributed by atoms with Gasteiger partial charge in [0.1, 0.15) is 5.75 Å². The highest BCUT2D eigenvalue weighted by atomic mass is 79.9. The van der Waals surface area contributed by atoms with Crippen LogP contribution in [0.25, 0.3) is 0 Å². The zero-order valence-corrected chi connectivity index (χ0v) is 13.6. The molecule has 2 aromatic carbocycles. The summed E-state index contributed by atoms with van der Waals surface area (Å²) in [6.45, 7) is 3.41. The Morgan fingerprint density at radius 2 is 2.14 bits per heavy atom. The third-order valence-electron chi connectivity index (χ3n) is 3.73. The van der Waals surface area contributed by atoms with Gasteiger partial charge in [0.15, 0.2) is 0 Å². The van der Waals surface area contributed by atoms with Crippen LogP contribution in [0.4, 0.5) is 5.69 Å². The molecule has 0 saturated heterocycles. The Morgan fingerprint density at radius 3 is 2.90 bits per heavy atom. The van der Waals surface area contributed by atoms with E-state index in [1.165, 1.54) is 16.7 Å². The minimum absolute atomic E-state index is 0.101. The quantitative estimate of drug-likeness (QED) is 0.884. The van der Waals surface area contributed by atoms with E-state index < -0.39 is 0 Å². The van der Waals surface area contributed by atoms with Crippen LogP contribution in [0.3, 0.4) is 0 Å². The Balaban J connectivity index is 1.84. The van der Waals surface area contributed by atoms with Gasteiger partial charge in [0, 0.05) is 23.1 Å². The van der Waals surface area contributed by atoms with Gasteiger partial charge in [-0.1, -0.05) is 22.0 Å². The van der Waals surface area contributed by atoms with Crippen molar-refractivity contribution in [2.45, 2.75) is 19.4 Å². The molecule has 0 fully saturated rings. The molecule has 0 saturated carbocycles. The molecule has 0 bridgehead atoms. The molecule has 21 heavy (non-hydrogen) atoms. The summed E-state index contributed by atoms with van der Waals surface area (Å²) in [6.07, 6.45) is 0.983. The van der Waals surface area contributed by atoms with Gasteiger partial charge in [-0.25, -0.2) is 0 Å². The third kappa shape index (κ3) is 3.22. The first-order valence-corrected chi connectivity index (χ1v) is 7.94. The summed E-state index contributed by atoms with van der Waals surface area (Å²) in [7, 11) is 0. The first-order valence-electron chi connectivity index (χ1n) is 7.15. The summed E-state index contributed by atoms with van der Waals surface area (Å²) in [5.41, 5.74) is 10.7. The van der Waals surface area contributed by atoms with Crippen molar-refractivity contribution in [2.24, 2.45) is 5.73 Å². The molecule has 1 unspecified atom stereocenters. The predicted molar refractivity (Wildman–Crippen MR) is 89.9 cm³/mol. The number of ether oxygens (including phenoxy) is 1. The molecule has 0 spiro atoms. The molecule has 4 heteroatoms. The normalized spacial score (nSPS) is 14.4. The number of aryl methyl sites for hydroxylation is 1. The Hall–Kier alpha value is -1.52. The third-order valence-corrected chi connectivity index (χ3v) is 4.19. The lowest BCUT2D eigenvalue weighted by Crippen LogP contribution is -2.20. The van der Waals surface area contributed by atoms with Gasteiger partial charge in [0.2, 0.25) is 0 Å². The fourth-order valence-corrected chi connectivity index (χ4v) is 3.33. The number of anilines is 1. The van der Waals surface area contributed by atoms with E-state index in [4.69, 9.17) is 10.5 Å². The Bertz CT molecular complexity index is 637. The minimum Gasteiger partial charge on any atom is -0.493 e. The van der Waals surface area contributed by atoms with E-state index in [2.05, 4.69) is 58.5 Å². The molecule has 1 atom stereocenters. The SMILES string of the molecule is Cc1cc(Br)cc(NC(CN)c2ccc3c(c2)CCO3)c1. The highest BCUT2D eigenvalue weighted by molar-refractivity contribution is 9.10. The molecule has 1 heterocycles. The minimum atomic E-state index is 0.101. The largest absolute Gasteiger partial charge is 0.493 e. The van der Waals surface area contributed by atoms with Gasteiger partial charge in [-0.15, -0.1) is 0 Å². The Labute approximate surface area is 133 Å². The van der Waals surface area contributed by atoms with Gasteiger partial charge in [-0.05, 0) is 53.9 Å². The predicted octanol–water partition coefficient (Wildman–Crippen LogP) is 3.80. The number of benzene rings is 2. The lowest BCUT2D eigenvalue weighted by molar-refractivity contribution is 0.357. The molecule has 1 aliphatic rings. The van der Waals surface area contributed by atoms with Crippen molar-refractivity contribution in [3.63, 3.8) is 0 Å². The first kappa shape index (κ1) is 14.4. The highest BCUT2D eigenvalue weighted by Crippen LogP contribution is 2.30. The van der Waals surface area contributed by atoms with Crippen molar-refractivity contribution in [1.82, 2.24) is 0 Å². The molecule has 3 nitrogen and oxygen atoms in total. The Kier molecular flexibility index (Phi) is 4.17. The van der Waals surface area contributed by atoms with Crippen molar-refractivity contribution in [2.75, 3.05) is 18.5 Å². The fourth-order valence-electron chi connectivity index (χ4n) is 2.72. The van der Waals surface area contributed by atoms with Crippen LogP contribution < -0.4 is 15.8 Å². The Morgan fingerprint density at radius 1 is 1.29 bits per heavy atom. The molecular formula is C17H19BrN2O.